The maximum atomic E-state index is 13.4. The van der Waals surface area contributed by atoms with Crippen molar-refractivity contribution >= 4 is 0 Å². The first-order chi connectivity index (χ1) is 7.70. The molecule has 84 valence electrons. The van der Waals surface area contributed by atoms with E-state index in [0.717, 1.165) is 6.07 Å². The Kier molecular flexibility index (Phi) is 3.01. The highest BCUT2D eigenvalue weighted by Crippen LogP contribution is 2.25. The van der Waals surface area contributed by atoms with Gasteiger partial charge in [-0.3, -0.25) is 0 Å². The summed E-state index contributed by atoms with van der Waals surface area (Å²) in [7, 11) is 0. The highest BCUT2D eigenvalue weighted by atomic mass is 19.1. The van der Waals surface area contributed by atoms with Crippen molar-refractivity contribution in [3.63, 3.8) is 0 Å². The molecule has 0 saturated carbocycles. The zero-order valence-electron chi connectivity index (χ0n) is 8.54. The van der Waals surface area contributed by atoms with Crippen LogP contribution in [0.5, 0.6) is 0 Å². The van der Waals surface area contributed by atoms with Crippen LogP contribution in [0.1, 0.15) is 5.76 Å². The lowest BCUT2D eigenvalue weighted by Gasteiger charge is -1.99. The third kappa shape index (κ3) is 2.12. The van der Waals surface area contributed by atoms with Crippen LogP contribution in [0, 0.1) is 11.6 Å². The second-order valence-electron chi connectivity index (χ2n) is 3.43. The maximum Gasteiger partial charge on any atom is 0.137 e. The van der Waals surface area contributed by atoms with E-state index in [1.165, 1.54) is 12.1 Å². The third-order valence-electron chi connectivity index (χ3n) is 2.25. The minimum atomic E-state index is -0.631. The van der Waals surface area contributed by atoms with Crippen LogP contribution in [0.15, 0.2) is 34.7 Å². The van der Waals surface area contributed by atoms with E-state index in [2.05, 4.69) is 0 Å². The van der Waals surface area contributed by atoms with Crippen LogP contribution in [0.4, 0.5) is 8.78 Å². The molecule has 2 nitrogen and oxygen atoms in total. The van der Waals surface area contributed by atoms with Gasteiger partial charge < -0.3 is 10.2 Å². The third-order valence-corrected chi connectivity index (χ3v) is 2.25. The first-order valence-corrected chi connectivity index (χ1v) is 4.95. The second-order valence-corrected chi connectivity index (χ2v) is 3.43. The van der Waals surface area contributed by atoms with E-state index in [9.17, 15) is 8.78 Å². The zero-order chi connectivity index (χ0) is 11.5. The smallest absolute Gasteiger partial charge is 0.137 e. The molecule has 0 aliphatic carbocycles. The topological polar surface area (TPSA) is 39.2 Å². The van der Waals surface area contributed by atoms with Crippen LogP contribution in [0.2, 0.25) is 0 Å². The summed E-state index contributed by atoms with van der Waals surface area (Å²) in [6, 6.07) is 6.78. The van der Waals surface area contributed by atoms with Gasteiger partial charge >= 0.3 is 0 Å². The van der Waals surface area contributed by atoms with E-state index in [1.54, 1.807) is 12.1 Å². The first-order valence-electron chi connectivity index (χ1n) is 4.95. The lowest BCUT2D eigenvalue weighted by Crippen LogP contribution is -2.01. The monoisotopic (exact) mass is 223 g/mol. The number of furan rings is 1. The first kappa shape index (κ1) is 10.8. The Labute approximate surface area is 91.7 Å². The van der Waals surface area contributed by atoms with Crippen LogP contribution >= 0.6 is 0 Å². The predicted molar refractivity (Wildman–Crippen MR) is 56.8 cm³/mol. The molecule has 2 rings (SSSR count). The molecular weight excluding hydrogens is 212 g/mol. The average Bonchev–Trinajstić information content (AvgIpc) is 2.67. The summed E-state index contributed by atoms with van der Waals surface area (Å²) in [4.78, 5) is 0. The molecule has 0 amide bonds. The van der Waals surface area contributed by atoms with Gasteiger partial charge in [-0.2, -0.15) is 0 Å². The molecule has 1 aromatic heterocycles. The molecule has 0 atom stereocenters. The number of nitrogens with two attached hydrogens (primary N) is 1. The summed E-state index contributed by atoms with van der Waals surface area (Å²) in [5.41, 5.74) is 5.63. The van der Waals surface area contributed by atoms with Crippen molar-refractivity contribution in [3.05, 3.63) is 47.7 Å². The normalized spacial score (nSPS) is 10.7. The molecule has 0 aliphatic rings. The van der Waals surface area contributed by atoms with Crippen LogP contribution in [-0.2, 0) is 6.42 Å². The van der Waals surface area contributed by atoms with E-state index < -0.39 is 11.6 Å². The predicted octanol–water partition coefficient (Wildman–Crippen LogP) is 2.73. The minimum Gasteiger partial charge on any atom is -0.461 e. The quantitative estimate of drug-likeness (QED) is 0.868. The van der Waals surface area contributed by atoms with Crippen molar-refractivity contribution in [1.82, 2.24) is 0 Å². The molecule has 2 aromatic rings. The van der Waals surface area contributed by atoms with Crippen LogP contribution in [0.25, 0.3) is 11.3 Å². The molecule has 1 aromatic carbocycles. The van der Waals surface area contributed by atoms with Crippen molar-refractivity contribution < 1.29 is 13.2 Å². The van der Waals surface area contributed by atoms with E-state index in [-0.39, 0.29) is 5.56 Å². The van der Waals surface area contributed by atoms with E-state index in [1.807, 2.05) is 0 Å². The molecule has 0 bridgehead atoms. The standard InChI is InChI=1S/C12H11F2NO/c13-8-1-3-10(11(14)7-8)12-4-2-9(16-12)5-6-15/h1-4,7H,5-6,15H2. The lowest BCUT2D eigenvalue weighted by atomic mass is 10.1. The summed E-state index contributed by atoms with van der Waals surface area (Å²) in [6.07, 6.45) is 0.600. The number of hydrogen-bond acceptors (Lipinski definition) is 2. The Bertz CT molecular complexity index is 494. The van der Waals surface area contributed by atoms with Crippen molar-refractivity contribution in [3.8, 4) is 11.3 Å². The van der Waals surface area contributed by atoms with Gasteiger partial charge in [0.15, 0.2) is 0 Å². The van der Waals surface area contributed by atoms with Gasteiger partial charge in [0.1, 0.15) is 23.2 Å². The number of hydrogen-bond donors (Lipinski definition) is 1. The fourth-order valence-electron chi connectivity index (χ4n) is 1.49. The van der Waals surface area contributed by atoms with Crippen molar-refractivity contribution in [2.45, 2.75) is 6.42 Å². The molecule has 0 fully saturated rings. The summed E-state index contributed by atoms with van der Waals surface area (Å²) < 4.78 is 31.5. The molecule has 4 heteroatoms. The number of benzene rings is 1. The SMILES string of the molecule is NCCc1ccc(-c2ccc(F)cc2F)o1. The zero-order valence-corrected chi connectivity index (χ0v) is 8.54. The maximum absolute atomic E-state index is 13.4. The second kappa shape index (κ2) is 4.45. The number of halogens is 2. The minimum absolute atomic E-state index is 0.254. The van der Waals surface area contributed by atoms with Gasteiger partial charge in [-0.1, -0.05) is 0 Å². The summed E-state index contributed by atoms with van der Waals surface area (Å²) in [6.45, 7) is 0.471. The Hall–Kier alpha value is -1.68. The van der Waals surface area contributed by atoms with E-state index in [4.69, 9.17) is 10.2 Å². The Morgan fingerprint density at radius 2 is 1.94 bits per heavy atom. The van der Waals surface area contributed by atoms with Crippen molar-refractivity contribution in [1.29, 1.82) is 0 Å². The van der Waals surface area contributed by atoms with Gasteiger partial charge in [0.25, 0.3) is 0 Å². The van der Waals surface area contributed by atoms with E-state index >= 15 is 0 Å². The lowest BCUT2D eigenvalue weighted by molar-refractivity contribution is 0.517. The summed E-state index contributed by atoms with van der Waals surface area (Å²) >= 11 is 0. The fourth-order valence-corrected chi connectivity index (χ4v) is 1.49. The van der Waals surface area contributed by atoms with Gasteiger partial charge in [-0.25, -0.2) is 8.78 Å². The van der Waals surface area contributed by atoms with Gasteiger partial charge in [0, 0.05) is 12.5 Å². The van der Waals surface area contributed by atoms with Crippen molar-refractivity contribution in [2.75, 3.05) is 6.54 Å². The van der Waals surface area contributed by atoms with E-state index in [0.29, 0.717) is 24.5 Å². The Morgan fingerprint density at radius 1 is 1.12 bits per heavy atom. The van der Waals surface area contributed by atoms with Gasteiger partial charge in [-0.15, -0.1) is 0 Å². The fraction of sp³-hybridized carbons (Fsp3) is 0.167. The van der Waals surface area contributed by atoms with Crippen molar-refractivity contribution in [2.24, 2.45) is 5.73 Å². The molecule has 1 heterocycles. The molecule has 0 spiro atoms. The molecular formula is C12H11F2NO. The van der Waals surface area contributed by atoms with Crippen LogP contribution in [-0.4, -0.2) is 6.54 Å². The highest BCUT2D eigenvalue weighted by Gasteiger charge is 2.10. The summed E-state index contributed by atoms with van der Waals surface area (Å²) in [5.74, 6) is -0.147. The molecule has 2 N–H and O–H groups in total. The average molecular weight is 223 g/mol. The molecule has 0 unspecified atom stereocenters. The Morgan fingerprint density at radius 3 is 2.62 bits per heavy atom. The number of rotatable bonds is 3. The van der Waals surface area contributed by atoms with Crippen LogP contribution in [0.3, 0.4) is 0 Å². The largest absolute Gasteiger partial charge is 0.461 e. The molecule has 16 heavy (non-hydrogen) atoms. The molecule has 0 saturated heterocycles. The van der Waals surface area contributed by atoms with Crippen LogP contribution < -0.4 is 5.73 Å². The highest BCUT2D eigenvalue weighted by molar-refractivity contribution is 5.58. The molecule has 0 aliphatic heterocycles. The van der Waals surface area contributed by atoms with Gasteiger partial charge in [-0.05, 0) is 30.8 Å². The summed E-state index contributed by atoms with van der Waals surface area (Å²) in [5, 5.41) is 0. The Balaban J connectivity index is 2.35. The molecule has 0 radical (unpaired) electrons. The van der Waals surface area contributed by atoms with Gasteiger partial charge in [0.05, 0.1) is 5.56 Å². The van der Waals surface area contributed by atoms with Gasteiger partial charge in [0.2, 0.25) is 0 Å².